The largest absolute Gasteiger partial charge is 0.228 e. The van der Waals surface area contributed by atoms with E-state index in [0.717, 1.165) is 45.0 Å². The van der Waals surface area contributed by atoms with Crippen LogP contribution in [0.15, 0.2) is 158 Å². The van der Waals surface area contributed by atoms with Crippen molar-refractivity contribution in [3.8, 4) is 56.2 Å². The number of aromatic nitrogens is 2. The van der Waals surface area contributed by atoms with Crippen molar-refractivity contribution in [1.82, 2.24) is 9.97 Å². The van der Waals surface area contributed by atoms with E-state index < -0.39 is 0 Å². The molecule has 0 bridgehead atoms. The highest BCUT2D eigenvalue weighted by Crippen LogP contribution is 2.41. The first kappa shape index (κ1) is 25.3. The lowest BCUT2D eigenvalue weighted by atomic mass is 9.96. The Kier molecular flexibility index (Phi) is 6.36. The zero-order chi connectivity index (χ0) is 28.6. The minimum atomic E-state index is 0.733. The van der Waals surface area contributed by atoms with Crippen molar-refractivity contribution in [3.63, 3.8) is 0 Å². The Morgan fingerprint density at radius 3 is 1.72 bits per heavy atom. The van der Waals surface area contributed by atoms with Crippen LogP contribution in [-0.4, -0.2) is 9.97 Å². The van der Waals surface area contributed by atoms with E-state index in [4.69, 9.17) is 9.97 Å². The topological polar surface area (TPSA) is 25.8 Å². The minimum absolute atomic E-state index is 0.733. The lowest BCUT2D eigenvalue weighted by Crippen LogP contribution is -1.97. The van der Waals surface area contributed by atoms with E-state index in [1.165, 1.54) is 31.3 Å². The molecule has 8 rings (SSSR count). The van der Waals surface area contributed by atoms with Gasteiger partial charge in [0, 0.05) is 36.9 Å². The Balaban J connectivity index is 1.35. The number of fused-ring (bicyclic) bond motifs is 3. The molecule has 0 radical (unpaired) electrons. The highest BCUT2D eigenvalue weighted by atomic mass is 32.1. The number of thiophene rings is 1. The van der Waals surface area contributed by atoms with Gasteiger partial charge >= 0.3 is 0 Å². The summed E-state index contributed by atoms with van der Waals surface area (Å²) in [6.45, 7) is 0. The molecule has 0 aliphatic carbocycles. The molecule has 0 fully saturated rings. The third-order valence-corrected chi connectivity index (χ3v) is 9.08. The maximum absolute atomic E-state index is 5.28. The smallest absolute Gasteiger partial charge is 0.161 e. The van der Waals surface area contributed by atoms with Crippen molar-refractivity contribution in [2.45, 2.75) is 0 Å². The predicted octanol–water partition coefficient (Wildman–Crippen LogP) is 11.2. The van der Waals surface area contributed by atoms with Gasteiger partial charge in [-0.05, 0) is 40.5 Å². The highest BCUT2D eigenvalue weighted by Gasteiger charge is 2.17. The zero-order valence-corrected chi connectivity index (χ0v) is 24.1. The summed E-state index contributed by atoms with van der Waals surface area (Å²) < 4.78 is 2.51. The molecular weight excluding hydrogens is 541 g/mol. The Hall–Kier alpha value is -5.38. The standard InChI is InChI=1S/C40H26N2S/c1-3-12-27(13-4-1)28-22-24-30(25-23-28)35-26-36(32-17-8-7-16-31(32)29-14-5-2-6-15-29)42-40(41-35)34-19-11-21-38-39(34)33-18-9-10-20-37(33)43-38/h1-26H. The molecule has 0 spiro atoms. The third-order valence-electron chi connectivity index (χ3n) is 7.95. The first-order valence-corrected chi connectivity index (χ1v) is 15.2. The zero-order valence-electron chi connectivity index (χ0n) is 23.3. The van der Waals surface area contributed by atoms with E-state index in [-0.39, 0.29) is 0 Å². The van der Waals surface area contributed by atoms with Crippen molar-refractivity contribution < 1.29 is 0 Å². The molecule has 2 heterocycles. The Bertz CT molecular complexity index is 2220. The van der Waals surface area contributed by atoms with Crippen LogP contribution in [-0.2, 0) is 0 Å². The van der Waals surface area contributed by atoms with Gasteiger partial charge in [0.1, 0.15) is 0 Å². The maximum atomic E-state index is 5.28. The Labute approximate surface area is 254 Å². The van der Waals surface area contributed by atoms with Crippen LogP contribution in [0.1, 0.15) is 0 Å². The SMILES string of the molecule is c1ccc(-c2ccc(-c3cc(-c4ccccc4-c4ccccc4)nc(-c4cccc5sc6ccccc6c45)n3)cc2)cc1. The van der Waals surface area contributed by atoms with Crippen LogP contribution in [0.4, 0.5) is 0 Å². The predicted molar refractivity (Wildman–Crippen MR) is 182 cm³/mol. The average molecular weight is 567 g/mol. The van der Waals surface area contributed by atoms with Crippen LogP contribution in [0.5, 0.6) is 0 Å². The summed E-state index contributed by atoms with van der Waals surface area (Å²) in [6.07, 6.45) is 0. The first-order chi connectivity index (χ1) is 21.3. The molecule has 0 N–H and O–H groups in total. The maximum Gasteiger partial charge on any atom is 0.161 e. The molecule has 0 atom stereocenters. The normalized spacial score (nSPS) is 11.3. The molecule has 3 heteroatoms. The van der Waals surface area contributed by atoms with Crippen LogP contribution in [0.25, 0.3) is 76.3 Å². The van der Waals surface area contributed by atoms with Crippen LogP contribution < -0.4 is 0 Å². The quantitative estimate of drug-likeness (QED) is 0.207. The van der Waals surface area contributed by atoms with Crippen molar-refractivity contribution in [2.24, 2.45) is 0 Å². The summed E-state index contributed by atoms with van der Waals surface area (Å²) in [7, 11) is 0. The van der Waals surface area contributed by atoms with Gasteiger partial charge < -0.3 is 0 Å². The number of hydrogen-bond acceptors (Lipinski definition) is 3. The van der Waals surface area contributed by atoms with Gasteiger partial charge in [-0.1, -0.05) is 140 Å². The molecule has 2 nitrogen and oxygen atoms in total. The fourth-order valence-corrected chi connectivity index (χ4v) is 6.99. The molecule has 0 saturated carbocycles. The molecule has 0 amide bonds. The van der Waals surface area contributed by atoms with Gasteiger partial charge in [0.2, 0.25) is 0 Å². The van der Waals surface area contributed by atoms with Gasteiger partial charge in [0.15, 0.2) is 5.82 Å². The molecule has 202 valence electrons. The second-order valence-corrected chi connectivity index (χ2v) is 11.7. The Morgan fingerprint density at radius 1 is 0.372 bits per heavy atom. The molecule has 0 unspecified atom stereocenters. The van der Waals surface area contributed by atoms with Gasteiger partial charge in [0.05, 0.1) is 11.4 Å². The summed E-state index contributed by atoms with van der Waals surface area (Å²) in [5.74, 6) is 0.733. The molecule has 43 heavy (non-hydrogen) atoms. The minimum Gasteiger partial charge on any atom is -0.228 e. The molecule has 6 aromatic carbocycles. The Morgan fingerprint density at radius 2 is 0.930 bits per heavy atom. The van der Waals surface area contributed by atoms with Gasteiger partial charge in [-0.2, -0.15) is 0 Å². The summed E-state index contributed by atoms with van der Waals surface area (Å²) in [4.78, 5) is 10.5. The summed E-state index contributed by atoms with van der Waals surface area (Å²) in [5, 5.41) is 2.45. The second-order valence-electron chi connectivity index (χ2n) is 10.6. The molecular formula is C40H26N2S. The summed E-state index contributed by atoms with van der Waals surface area (Å²) >= 11 is 1.82. The lowest BCUT2D eigenvalue weighted by molar-refractivity contribution is 1.19. The van der Waals surface area contributed by atoms with Gasteiger partial charge in [-0.15, -0.1) is 11.3 Å². The van der Waals surface area contributed by atoms with Crippen molar-refractivity contribution in [3.05, 3.63) is 158 Å². The molecule has 2 aromatic heterocycles. The van der Waals surface area contributed by atoms with E-state index in [1.54, 1.807) is 0 Å². The van der Waals surface area contributed by atoms with Crippen molar-refractivity contribution in [2.75, 3.05) is 0 Å². The summed E-state index contributed by atoms with van der Waals surface area (Å²) in [6, 6.07) is 55.4. The monoisotopic (exact) mass is 566 g/mol. The van der Waals surface area contributed by atoms with E-state index in [9.17, 15) is 0 Å². The van der Waals surface area contributed by atoms with Gasteiger partial charge in [-0.3, -0.25) is 0 Å². The first-order valence-electron chi connectivity index (χ1n) is 14.4. The summed E-state index contributed by atoms with van der Waals surface area (Å²) in [5.41, 5.74) is 9.70. The third kappa shape index (κ3) is 4.70. The number of nitrogens with zero attached hydrogens (tertiary/aromatic N) is 2. The van der Waals surface area contributed by atoms with Gasteiger partial charge in [-0.25, -0.2) is 9.97 Å². The lowest BCUT2D eigenvalue weighted by Gasteiger charge is -2.14. The fourth-order valence-electron chi connectivity index (χ4n) is 5.85. The number of benzene rings is 6. The number of rotatable bonds is 5. The van der Waals surface area contributed by atoms with Crippen LogP contribution in [0.3, 0.4) is 0 Å². The fraction of sp³-hybridized carbons (Fsp3) is 0. The van der Waals surface area contributed by atoms with E-state index >= 15 is 0 Å². The number of hydrogen-bond donors (Lipinski definition) is 0. The van der Waals surface area contributed by atoms with E-state index in [1.807, 2.05) is 17.4 Å². The molecule has 0 aliphatic heterocycles. The second kappa shape index (κ2) is 10.8. The van der Waals surface area contributed by atoms with Crippen LogP contribution in [0.2, 0.25) is 0 Å². The molecule has 0 aliphatic rings. The van der Waals surface area contributed by atoms with Gasteiger partial charge in [0.25, 0.3) is 0 Å². The van der Waals surface area contributed by atoms with E-state index in [0.29, 0.717) is 0 Å². The van der Waals surface area contributed by atoms with Crippen LogP contribution in [0, 0.1) is 0 Å². The molecule has 8 aromatic rings. The van der Waals surface area contributed by atoms with E-state index in [2.05, 4.69) is 152 Å². The molecule has 0 saturated heterocycles. The average Bonchev–Trinajstić information content (AvgIpc) is 3.48. The van der Waals surface area contributed by atoms with Crippen LogP contribution >= 0.6 is 11.3 Å². The van der Waals surface area contributed by atoms with Crippen molar-refractivity contribution in [1.29, 1.82) is 0 Å². The highest BCUT2D eigenvalue weighted by molar-refractivity contribution is 7.25. The van der Waals surface area contributed by atoms with Crippen molar-refractivity contribution >= 4 is 31.5 Å².